The summed E-state index contributed by atoms with van der Waals surface area (Å²) in [6.45, 7) is 2.08. The van der Waals surface area contributed by atoms with E-state index in [2.05, 4.69) is 5.32 Å². The number of carbonyl (C=O) groups excluding carboxylic acids is 2. The molecule has 0 radical (unpaired) electrons. The number of ether oxygens (including phenoxy) is 1. The third-order valence-electron chi connectivity index (χ3n) is 7.50. The minimum absolute atomic E-state index is 0.0699. The Balaban J connectivity index is 1.44. The van der Waals surface area contributed by atoms with Gasteiger partial charge in [0, 0.05) is 51.1 Å². The van der Waals surface area contributed by atoms with Gasteiger partial charge in [-0.3, -0.25) is 9.59 Å². The zero-order valence-electron chi connectivity index (χ0n) is 22.4. The van der Waals surface area contributed by atoms with Crippen LogP contribution in [0.2, 0.25) is 0 Å². The van der Waals surface area contributed by atoms with Crippen molar-refractivity contribution in [3.05, 3.63) is 88.0 Å². The highest BCUT2D eigenvalue weighted by Gasteiger charge is 2.29. The van der Waals surface area contributed by atoms with Crippen molar-refractivity contribution in [3.63, 3.8) is 0 Å². The summed E-state index contributed by atoms with van der Waals surface area (Å²) in [5.41, 5.74) is 5.41. The first-order chi connectivity index (χ1) is 18.8. The molecule has 0 aliphatic carbocycles. The van der Waals surface area contributed by atoms with Crippen LogP contribution in [0.15, 0.2) is 54.6 Å². The van der Waals surface area contributed by atoms with Gasteiger partial charge in [0.15, 0.2) is 0 Å². The number of phenols is 2. The van der Waals surface area contributed by atoms with E-state index < -0.39 is 0 Å². The van der Waals surface area contributed by atoms with E-state index in [1.54, 1.807) is 30.0 Å². The Kier molecular flexibility index (Phi) is 7.74. The van der Waals surface area contributed by atoms with E-state index in [1.807, 2.05) is 42.5 Å². The van der Waals surface area contributed by atoms with Gasteiger partial charge in [-0.15, -0.1) is 0 Å². The van der Waals surface area contributed by atoms with Crippen molar-refractivity contribution in [1.82, 2.24) is 9.80 Å². The van der Waals surface area contributed by atoms with E-state index in [0.29, 0.717) is 56.7 Å². The number of nitrogens with one attached hydrogen (secondary N) is 1. The van der Waals surface area contributed by atoms with Crippen molar-refractivity contribution in [3.8, 4) is 11.5 Å². The first-order valence-corrected chi connectivity index (χ1v) is 13.4. The predicted molar refractivity (Wildman–Crippen MR) is 149 cm³/mol. The lowest BCUT2D eigenvalue weighted by Gasteiger charge is -2.32. The molecule has 204 valence electrons. The Bertz CT molecular complexity index is 1370. The second-order valence-electron chi connectivity index (χ2n) is 10.5. The summed E-state index contributed by atoms with van der Waals surface area (Å²) in [6.07, 6.45) is 2.63. The van der Waals surface area contributed by atoms with Crippen molar-refractivity contribution >= 4 is 17.5 Å². The minimum atomic E-state index is -0.273. The van der Waals surface area contributed by atoms with Crippen LogP contribution < -0.4 is 5.32 Å². The number of hydrogen-bond donors (Lipinski definition) is 3. The molecule has 0 bridgehead atoms. The fraction of sp³-hybridized carbons (Fsp3) is 0.355. The molecule has 2 aliphatic heterocycles. The van der Waals surface area contributed by atoms with E-state index in [1.165, 1.54) is 6.07 Å². The van der Waals surface area contributed by atoms with Crippen molar-refractivity contribution < 1.29 is 24.5 Å². The molecular formula is C31H35N3O5. The molecule has 3 N–H and O–H groups in total. The highest BCUT2D eigenvalue weighted by molar-refractivity contribution is 5.99. The number of carbonyl (C=O) groups is 2. The summed E-state index contributed by atoms with van der Waals surface area (Å²) in [5, 5.41) is 24.5. The first-order valence-electron chi connectivity index (χ1n) is 13.4. The van der Waals surface area contributed by atoms with E-state index in [9.17, 15) is 19.8 Å². The Morgan fingerprint density at radius 1 is 1.08 bits per heavy atom. The SMILES string of the molecule is CN(C)C(=O)c1cc2c(c(N[C@@H]3CCOC3)c1)CN(C(=O)c1c(O)cc(O)cc1CCc1ccccc1)CC2. The molecule has 2 heterocycles. The number of aromatic hydroxyl groups is 2. The fourth-order valence-corrected chi connectivity index (χ4v) is 5.41. The molecule has 3 aromatic rings. The summed E-state index contributed by atoms with van der Waals surface area (Å²) >= 11 is 0. The third kappa shape index (κ3) is 5.86. The molecule has 0 spiro atoms. The molecule has 39 heavy (non-hydrogen) atoms. The number of phenolic OH excluding ortho intramolecular Hbond substituents is 2. The van der Waals surface area contributed by atoms with Gasteiger partial charge in [0.1, 0.15) is 11.5 Å². The van der Waals surface area contributed by atoms with Gasteiger partial charge in [-0.1, -0.05) is 30.3 Å². The normalized spacial score (nSPS) is 16.6. The van der Waals surface area contributed by atoms with E-state index in [0.717, 1.165) is 28.8 Å². The summed E-state index contributed by atoms with van der Waals surface area (Å²) in [4.78, 5) is 30.0. The summed E-state index contributed by atoms with van der Waals surface area (Å²) in [7, 11) is 3.47. The maximum atomic E-state index is 13.9. The van der Waals surface area contributed by atoms with Crippen LogP contribution in [0.5, 0.6) is 11.5 Å². The van der Waals surface area contributed by atoms with Gasteiger partial charge in [0.05, 0.1) is 18.2 Å². The maximum Gasteiger partial charge on any atom is 0.258 e. The largest absolute Gasteiger partial charge is 0.508 e. The number of anilines is 1. The van der Waals surface area contributed by atoms with Crippen LogP contribution in [0, 0.1) is 0 Å². The van der Waals surface area contributed by atoms with E-state index in [4.69, 9.17) is 4.74 Å². The van der Waals surface area contributed by atoms with Gasteiger partial charge in [-0.05, 0) is 66.1 Å². The number of nitrogens with zero attached hydrogens (tertiary/aromatic N) is 2. The topological polar surface area (TPSA) is 102 Å². The van der Waals surface area contributed by atoms with Gasteiger partial charge >= 0.3 is 0 Å². The van der Waals surface area contributed by atoms with Crippen LogP contribution in [-0.4, -0.2) is 71.7 Å². The van der Waals surface area contributed by atoms with Crippen molar-refractivity contribution in [1.29, 1.82) is 0 Å². The van der Waals surface area contributed by atoms with Crippen LogP contribution in [0.25, 0.3) is 0 Å². The minimum Gasteiger partial charge on any atom is -0.508 e. The second kappa shape index (κ2) is 11.4. The van der Waals surface area contributed by atoms with Crippen LogP contribution in [0.4, 0.5) is 5.69 Å². The average Bonchev–Trinajstić information content (AvgIpc) is 3.44. The van der Waals surface area contributed by atoms with Gasteiger partial charge < -0.3 is 30.1 Å². The van der Waals surface area contributed by atoms with Crippen LogP contribution in [0.1, 0.15) is 49.4 Å². The molecule has 0 saturated carbocycles. The van der Waals surface area contributed by atoms with Gasteiger partial charge in [0.25, 0.3) is 11.8 Å². The highest BCUT2D eigenvalue weighted by atomic mass is 16.5. The predicted octanol–water partition coefficient (Wildman–Crippen LogP) is 3.98. The molecule has 1 saturated heterocycles. The number of aryl methyl sites for hydroxylation is 2. The van der Waals surface area contributed by atoms with Gasteiger partial charge in [-0.25, -0.2) is 0 Å². The van der Waals surface area contributed by atoms with Gasteiger partial charge in [-0.2, -0.15) is 0 Å². The lowest BCUT2D eigenvalue weighted by molar-refractivity contribution is 0.0729. The summed E-state index contributed by atoms with van der Waals surface area (Å²) in [6, 6.07) is 16.7. The number of rotatable bonds is 7. The van der Waals surface area contributed by atoms with Crippen molar-refractivity contribution in [2.45, 2.75) is 38.3 Å². The number of fused-ring (bicyclic) bond motifs is 1. The lowest BCUT2D eigenvalue weighted by Crippen LogP contribution is -2.37. The van der Waals surface area contributed by atoms with Gasteiger partial charge in [0.2, 0.25) is 0 Å². The molecule has 1 fully saturated rings. The number of benzene rings is 3. The molecule has 2 amide bonds. The average molecular weight is 530 g/mol. The van der Waals surface area contributed by atoms with E-state index in [-0.39, 0.29) is 34.9 Å². The van der Waals surface area contributed by atoms with Crippen LogP contribution in [0.3, 0.4) is 0 Å². The lowest BCUT2D eigenvalue weighted by atomic mass is 9.93. The first kappa shape index (κ1) is 26.6. The monoisotopic (exact) mass is 529 g/mol. The fourth-order valence-electron chi connectivity index (χ4n) is 5.41. The Morgan fingerprint density at radius 3 is 2.59 bits per heavy atom. The third-order valence-corrected chi connectivity index (χ3v) is 7.50. The molecule has 5 rings (SSSR count). The number of amides is 2. The highest BCUT2D eigenvalue weighted by Crippen LogP contribution is 2.34. The molecule has 3 aromatic carbocycles. The molecule has 8 heteroatoms. The summed E-state index contributed by atoms with van der Waals surface area (Å²) < 4.78 is 5.55. The zero-order valence-corrected chi connectivity index (χ0v) is 22.4. The quantitative estimate of drug-likeness (QED) is 0.428. The van der Waals surface area contributed by atoms with Crippen molar-refractivity contribution in [2.24, 2.45) is 0 Å². The smallest absolute Gasteiger partial charge is 0.258 e. The molecule has 2 aliphatic rings. The Labute approximate surface area is 228 Å². The summed E-state index contributed by atoms with van der Waals surface area (Å²) in [5.74, 6) is -0.634. The van der Waals surface area contributed by atoms with E-state index >= 15 is 0 Å². The van der Waals surface area contributed by atoms with Crippen LogP contribution >= 0.6 is 0 Å². The standard InChI is InChI=1S/C31H35N3O5/c1-33(2)30(37)23-14-21-10-12-34(18-26(21)27(16-23)32-24-11-13-39-19-24)31(38)29-22(15-25(35)17-28(29)36)9-8-20-6-4-3-5-7-20/h3-7,14-17,24,32,35-36H,8-13,18-19H2,1-2H3/t24-/m1/s1. The second-order valence-corrected chi connectivity index (χ2v) is 10.5. The number of hydrogen-bond acceptors (Lipinski definition) is 6. The van der Waals surface area contributed by atoms with Crippen molar-refractivity contribution in [2.75, 3.05) is 39.2 Å². The molecule has 0 aromatic heterocycles. The maximum absolute atomic E-state index is 13.9. The van der Waals surface area contributed by atoms with Crippen LogP contribution in [-0.2, 0) is 30.5 Å². The molecule has 8 nitrogen and oxygen atoms in total. The Morgan fingerprint density at radius 2 is 1.87 bits per heavy atom. The molecular weight excluding hydrogens is 494 g/mol. The molecule has 1 atom stereocenters. The molecule has 0 unspecified atom stereocenters. The Hall–Kier alpha value is -4.04. The zero-order chi connectivity index (χ0) is 27.5.